The molecule has 0 radical (unpaired) electrons. The van der Waals surface area contributed by atoms with Crippen LogP contribution in [-0.4, -0.2) is 29.9 Å². The molecule has 96 valence electrons. The summed E-state index contributed by atoms with van der Waals surface area (Å²) in [6, 6.07) is 7.54. The highest BCUT2D eigenvalue weighted by Crippen LogP contribution is 2.09. The minimum atomic E-state index is 0.0610. The van der Waals surface area contributed by atoms with E-state index in [1.807, 2.05) is 49.9 Å². The Bertz CT molecular complexity index is 452. The van der Waals surface area contributed by atoms with Gasteiger partial charge in [0, 0.05) is 23.7 Å². The average molecular weight is 244 g/mol. The second-order valence-electron chi connectivity index (χ2n) is 4.27. The molecule has 1 aromatic carbocycles. The molecule has 0 heterocycles. The van der Waals surface area contributed by atoms with Crippen molar-refractivity contribution in [2.75, 3.05) is 13.1 Å². The van der Waals surface area contributed by atoms with Crippen molar-refractivity contribution in [1.29, 1.82) is 0 Å². The third-order valence-corrected chi connectivity index (χ3v) is 2.69. The van der Waals surface area contributed by atoms with Crippen LogP contribution in [0.5, 0.6) is 0 Å². The van der Waals surface area contributed by atoms with E-state index in [-0.39, 0.29) is 11.9 Å². The zero-order valence-electron chi connectivity index (χ0n) is 11.2. The fourth-order valence-electron chi connectivity index (χ4n) is 1.76. The van der Waals surface area contributed by atoms with Crippen LogP contribution in [0, 0.1) is 11.8 Å². The first-order valence-corrected chi connectivity index (χ1v) is 6.20. The van der Waals surface area contributed by atoms with Crippen molar-refractivity contribution in [3.63, 3.8) is 0 Å². The molecule has 0 aliphatic heterocycles. The van der Waals surface area contributed by atoms with Crippen LogP contribution in [0.15, 0.2) is 24.3 Å². The molecule has 2 N–H and O–H groups in total. The Kier molecular flexibility index (Phi) is 5.41. The van der Waals surface area contributed by atoms with Crippen molar-refractivity contribution in [2.24, 2.45) is 5.73 Å². The molecule has 0 fully saturated rings. The molecule has 1 rings (SSSR count). The minimum absolute atomic E-state index is 0.0610. The third-order valence-electron chi connectivity index (χ3n) is 2.69. The monoisotopic (exact) mass is 244 g/mol. The van der Waals surface area contributed by atoms with Crippen molar-refractivity contribution in [1.82, 2.24) is 4.90 Å². The van der Waals surface area contributed by atoms with Crippen molar-refractivity contribution >= 4 is 5.91 Å². The van der Waals surface area contributed by atoms with Gasteiger partial charge in [0.15, 0.2) is 0 Å². The van der Waals surface area contributed by atoms with Gasteiger partial charge in [0.25, 0.3) is 5.91 Å². The Hall–Kier alpha value is -1.79. The second kappa shape index (κ2) is 6.83. The lowest BCUT2D eigenvalue weighted by Gasteiger charge is -2.25. The lowest BCUT2D eigenvalue weighted by atomic mass is 10.1. The van der Waals surface area contributed by atoms with Crippen LogP contribution >= 0.6 is 0 Å². The summed E-state index contributed by atoms with van der Waals surface area (Å²) in [6.45, 7) is 7.08. The Balaban J connectivity index is 2.87. The van der Waals surface area contributed by atoms with Gasteiger partial charge in [-0.25, -0.2) is 0 Å². The maximum Gasteiger partial charge on any atom is 0.254 e. The van der Waals surface area contributed by atoms with Crippen LogP contribution in [0.2, 0.25) is 0 Å². The lowest BCUT2D eigenvalue weighted by molar-refractivity contribution is 0.0717. The molecular weight excluding hydrogens is 224 g/mol. The predicted molar refractivity (Wildman–Crippen MR) is 74.2 cm³/mol. The summed E-state index contributed by atoms with van der Waals surface area (Å²) in [6.07, 6.45) is 0. The van der Waals surface area contributed by atoms with Gasteiger partial charge in [-0.1, -0.05) is 11.8 Å². The van der Waals surface area contributed by atoms with Crippen LogP contribution in [-0.2, 0) is 0 Å². The minimum Gasteiger partial charge on any atom is -0.337 e. The number of carbonyl (C=O) groups excluding carboxylic acids is 1. The number of hydrogen-bond donors (Lipinski definition) is 1. The molecule has 1 aromatic rings. The smallest absolute Gasteiger partial charge is 0.254 e. The van der Waals surface area contributed by atoms with Crippen LogP contribution in [0.4, 0.5) is 0 Å². The molecule has 18 heavy (non-hydrogen) atoms. The van der Waals surface area contributed by atoms with Gasteiger partial charge >= 0.3 is 0 Å². The average Bonchev–Trinajstić information content (AvgIpc) is 2.37. The molecule has 0 saturated heterocycles. The predicted octanol–water partition coefficient (Wildman–Crippen LogP) is 1.87. The Morgan fingerprint density at radius 2 is 1.94 bits per heavy atom. The first-order valence-electron chi connectivity index (χ1n) is 6.20. The summed E-state index contributed by atoms with van der Waals surface area (Å²) in [7, 11) is 0. The third kappa shape index (κ3) is 3.61. The summed E-state index contributed by atoms with van der Waals surface area (Å²) in [4.78, 5) is 14.0. The van der Waals surface area contributed by atoms with Gasteiger partial charge in [-0.2, -0.15) is 0 Å². The van der Waals surface area contributed by atoms with Gasteiger partial charge in [-0.05, 0) is 45.0 Å². The quantitative estimate of drug-likeness (QED) is 0.825. The zero-order valence-corrected chi connectivity index (χ0v) is 11.2. The van der Waals surface area contributed by atoms with Crippen molar-refractivity contribution < 1.29 is 4.79 Å². The van der Waals surface area contributed by atoms with Gasteiger partial charge in [-0.15, -0.1) is 0 Å². The van der Waals surface area contributed by atoms with Crippen molar-refractivity contribution in [3.8, 4) is 11.8 Å². The molecule has 0 atom stereocenters. The molecule has 0 spiro atoms. The van der Waals surface area contributed by atoms with Crippen LogP contribution in [0.1, 0.15) is 36.7 Å². The lowest BCUT2D eigenvalue weighted by Crippen LogP contribution is -2.36. The number of carbonyl (C=O) groups is 1. The molecule has 0 aliphatic rings. The highest BCUT2D eigenvalue weighted by Gasteiger charge is 2.16. The van der Waals surface area contributed by atoms with E-state index in [1.54, 1.807) is 0 Å². The van der Waals surface area contributed by atoms with Gasteiger partial charge < -0.3 is 10.6 Å². The summed E-state index contributed by atoms with van der Waals surface area (Å²) in [5.41, 5.74) is 6.89. The maximum atomic E-state index is 12.2. The molecular formula is C15H20N2O. The maximum absolute atomic E-state index is 12.2. The first kappa shape index (κ1) is 14.3. The number of benzene rings is 1. The number of rotatable bonds is 3. The van der Waals surface area contributed by atoms with Crippen LogP contribution in [0.25, 0.3) is 0 Å². The van der Waals surface area contributed by atoms with E-state index in [4.69, 9.17) is 5.73 Å². The molecule has 0 saturated carbocycles. The standard InChI is InChI=1S/C15H20N2O/c1-4-17(12(2)3)15(18)14-9-7-13(8-10-14)6-5-11-16/h7-10,12H,4,11,16H2,1-3H3. The van der Waals surface area contributed by atoms with E-state index >= 15 is 0 Å². The van der Waals surface area contributed by atoms with E-state index in [2.05, 4.69) is 11.8 Å². The normalized spacial score (nSPS) is 9.83. The van der Waals surface area contributed by atoms with E-state index in [9.17, 15) is 4.79 Å². The Morgan fingerprint density at radius 3 is 2.39 bits per heavy atom. The molecule has 0 aliphatic carbocycles. The molecule has 3 heteroatoms. The zero-order chi connectivity index (χ0) is 13.5. The Morgan fingerprint density at radius 1 is 1.33 bits per heavy atom. The van der Waals surface area contributed by atoms with E-state index < -0.39 is 0 Å². The fraction of sp³-hybridized carbons (Fsp3) is 0.400. The van der Waals surface area contributed by atoms with E-state index in [1.165, 1.54) is 0 Å². The summed E-state index contributed by atoms with van der Waals surface area (Å²) >= 11 is 0. The Labute approximate surface area is 109 Å². The topological polar surface area (TPSA) is 46.3 Å². The van der Waals surface area contributed by atoms with Crippen molar-refractivity contribution in [2.45, 2.75) is 26.8 Å². The molecule has 0 bridgehead atoms. The number of amides is 1. The van der Waals surface area contributed by atoms with Gasteiger partial charge in [0.05, 0.1) is 6.54 Å². The summed E-state index contributed by atoms with van der Waals surface area (Å²) in [5.74, 6) is 5.79. The fourth-order valence-corrected chi connectivity index (χ4v) is 1.76. The summed E-state index contributed by atoms with van der Waals surface area (Å²) in [5, 5.41) is 0. The molecule has 0 unspecified atom stereocenters. The van der Waals surface area contributed by atoms with Gasteiger partial charge in [-0.3, -0.25) is 4.79 Å². The number of hydrogen-bond acceptors (Lipinski definition) is 2. The van der Waals surface area contributed by atoms with Crippen molar-refractivity contribution in [3.05, 3.63) is 35.4 Å². The van der Waals surface area contributed by atoms with Crippen LogP contribution < -0.4 is 5.73 Å². The van der Waals surface area contributed by atoms with E-state index in [0.29, 0.717) is 18.7 Å². The second-order valence-corrected chi connectivity index (χ2v) is 4.27. The molecule has 1 amide bonds. The number of nitrogens with two attached hydrogens (primary N) is 1. The highest BCUT2D eigenvalue weighted by molar-refractivity contribution is 5.94. The number of nitrogens with zero attached hydrogens (tertiary/aromatic N) is 1. The van der Waals surface area contributed by atoms with Crippen LogP contribution in [0.3, 0.4) is 0 Å². The highest BCUT2D eigenvalue weighted by atomic mass is 16.2. The molecule has 0 aromatic heterocycles. The van der Waals surface area contributed by atoms with Gasteiger partial charge in [0.2, 0.25) is 0 Å². The summed E-state index contributed by atoms with van der Waals surface area (Å²) < 4.78 is 0. The molecule has 3 nitrogen and oxygen atoms in total. The van der Waals surface area contributed by atoms with Gasteiger partial charge in [0.1, 0.15) is 0 Å². The SMILES string of the molecule is CCN(C(=O)c1ccc(C#CCN)cc1)C(C)C. The first-order chi connectivity index (χ1) is 8.60. The largest absolute Gasteiger partial charge is 0.337 e. The van der Waals surface area contributed by atoms with E-state index in [0.717, 1.165) is 5.56 Å².